The van der Waals surface area contributed by atoms with Gasteiger partial charge in [-0.05, 0) is 0 Å². The Bertz CT molecular complexity index is 83.9. The number of rotatable bonds is 6. The van der Waals surface area contributed by atoms with Crippen LogP contribution in [0.3, 0.4) is 0 Å². The molecule has 2 unspecified atom stereocenters. The summed E-state index contributed by atoms with van der Waals surface area (Å²) in [4.78, 5) is 0. The van der Waals surface area contributed by atoms with E-state index < -0.39 is 12.2 Å². The van der Waals surface area contributed by atoms with E-state index in [9.17, 15) is 0 Å². The van der Waals surface area contributed by atoms with E-state index in [0.29, 0.717) is 11.5 Å². The van der Waals surface area contributed by atoms with Gasteiger partial charge >= 0.3 is 0 Å². The van der Waals surface area contributed by atoms with Crippen molar-refractivity contribution in [3.8, 4) is 0 Å². The SMILES string of the molecule is NCC(O)CSCC(O)CO. The van der Waals surface area contributed by atoms with Crippen molar-refractivity contribution in [3.63, 3.8) is 0 Å². The van der Waals surface area contributed by atoms with Crippen molar-refractivity contribution < 1.29 is 15.3 Å². The normalized spacial score (nSPS) is 16.4. The summed E-state index contributed by atoms with van der Waals surface area (Å²) < 4.78 is 0. The lowest BCUT2D eigenvalue weighted by molar-refractivity contribution is 0.113. The van der Waals surface area contributed by atoms with Crippen molar-refractivity contribution in [1.29, 1.82) is 0 Å². The molecule has 0 aromatic carbocycles. The first-order valence-electron chi connectivity index (χ1n) is 3.45. The van der Waals surface area contributed by atoms with Crippen molar-refractivity contribution >= 4 is 11.8 Å². The molecule has 0 fully saturated rings. The van der Waals surface area contributed by atoms with Crippen LogP contribution in [0.15, 0.2) is 0 Å². The number of aliphatic hydroxyl groups excluding tert-OH is 3. The Balaban J connectivity index is 3.13. The Hall–Kier alpha value is 0.190. The highest BCUT2D eigenvalue weighted by Gasteiger charge is 2.04. The Morgan fingerprint density at radius 1 is 1.18 bits per heavy atom. The highest BCUT2D eigenvalue weighted by molar-refractivity contribution is 7.99. The lowest BCUT2D eigenvalue weighted by Gasteiger charge is -2.09. The molecule has 2 atom stereocenters. The van der Waals surface area contributed by atoms with Gasteiger partial charge in [-0.15, -0.1) is 0 Å². The predicted molar refractivity (Wildman–Crippen MR) is 45.5 cm³/mol. The van der Waals surface area contributed by atoms with Crippen LogP contribution in [-0.4, -0.2) is 52.2 Å². The molecule has 0 saturated heterocycles. The third-order valence-corrected chi connectivity index (χ3v) is 2.34. The molecule has 5 heteroatoms. The van der Waals surface area contributed by atoms with Crippen LogP contribution in [0.4, 0.5) is 0 Å². The Morgan fingerprint density at radius 2 is 1.73 bits per heavy atom. The summed E-state index contributed by atoms with van der Waals surface area (Å²) in [7, 11) is 0. The molecule has 0 radical (unpaired) electrons. The summed E-state index contributed by atoms with van der Waals surface area (Å²) in [6.45, 7) is 0.00788. The zero-order valence-corrected chi connectivity index (χ0v) is 7.13. The van der Waals surface area contributed by atoms with Gasteiger partial charge in [0.2, 0.25) is 0 Å². The molecule has 5 N–H and O–H groups in total. The fourth-order valence-corrected chi connectivity index (χ4v) is 1.38. The fourth-order valence-electron chi connectivity index (χ4n) is 0.461. The third kappa shape index (κ3) is 6.58. The number of nitrogens with two attached hydrogens (primary N) is 1. The van der Waals surface area contributed by atoms with Crippen molar-refractivity contribution in [3.05, 3.63) is 0 Å². The summed E-state index contributed by atoms with van der Waals surface area (Å²) in [5, 5.41) is 26.2. The molecule has 0 rings (SSSR count). The minimum atomic E-state index is -0.690. The molecule has 0 saturated carbocycles. The standard InChI is InChI=1S/C6H15NO3S/c7-1-5(9)3-11-4-6(10)2-8/h5-6,8-10H,1-4,7H2. The van der Waals surface area contributed by atoms with Gasteiger partial charge < -0.3 is 21.1 Å². The highest BCUT2D eigenvalue weighted by atomic mass is 32.2. The molecular weight excluding hydrogens is 166 g/mol. The minimum Gasteiger partial charge on any atom is -0.394 e. The van der Waals surface area contributed by atoms with Crippen LogP contribution in [0.2, 0.25) is 0 Å². The molecule has 0 heterocycles. The van der Waals surface area contributed by atoms with E-state index in [-0.39, 0.29) is 13.2 Å². The van der Waals surface area contributed by atoms with Gasteiger partial charge in [-0.2, -0.15) is 11.8 Å². The number of aliphatic hydroxyl groups is 3. The Kier molecular flexibility index (Phi) is 6.99. The number of hydrogen-bond acceptors (Lipinski definition) is 5. The topological polar surface area (TPSA) is 86.7 Å². The van der Waals surface area contributed by atoms with Crippen LogP contribution in [0, 0.1) is 0 Å². The monoisotopic (exact) mass is 181 g/mol. The van der Waals surface area contributed by atoms with Gasteiger partial charge in [0.05, 0.1) is 18.8 Å². The largest absolute Gasteiger partial charge is 0.394 e. The van der Waals surface area contributed by atoms with Crippen molar-refractivity contribution in [2.24, 2.45) is 5.73 Å². The van der Waals surface area contributed by atoms with Gasteiger partial charge in [0.25, 0.3) is 0 Å². The summed E-state index contributed by atoms with van der Waals surface area (Å²) in [5.41, 5.74) is 5.15. The second-order valence-electron chi connectivity index (χ2n) is 2.26. The average Bonchev–Trinajstić information content (AvgIpc) is 2.04. The van der Waals surface area contributed by atoms with E-state index in [2.05, 4.69) is 0 Å². The Morgan fingerprint density at radius 3 is 2.18 bits per heavy atom. The van der Waals surface area contributed by atoms with Crippen molar-refractivity contribution in [2.45, 2.75) is 12.2 Å². The molecule has 0 aromatic heterocycles. The third-order valence-electron chi connectivity index (χ3n) is 1.10. The van der Waals surface area contributed by atoms with E-state index in [1.54, 1.807) is 0 Å². The van der Waals surface area contributed by atoms with Crippen LogP contribution in [0.5, 0.6) is 0 Å². The van der Waals surface area contributed by atoms with Gasteiger partial charge in [-0.1, -0.05) is 0 Å². The van der Waals surface area contributed by atoms with Crippen LogP contribution in [0.1, 0.15) is 0 Å². The second kappa shape index (κ2) is 6.87. The molecule has 4 nitrogen and oxygen atoms in total. The van der Waals surface area contributed by atoms with Crippen LogP contribution in [-0.2, 0) is 0 Å². The van der Waals surface area contributed by atoms with E-state index in [0.717, 1.165) is 0 Å². The maximum Gasteiger partial charge on any atom is 0.0861 e. The summed E-state index contributed by atoms with van der Waals surface area (Å²) >= 11 is 1.38. The lowest BCUT2D eigenvalue weighted by Crippen LogP contribution is -2.23. The van der Waals surface area contributed by atoms with E-state index in [1.807, 2.05) is 0 Å². The first-order valence-corrected chi connectivity index (χ1v) is 4.61. The summed E-state index contributed by atoms with van der Waals surface area (Å²) in [5.74, 6) is 0.946. The molecule has 0 amide bonds. The first kappa shape index (κ1) is 11.2. The van der Waals surface area contributed by atoms with Gasteiger partial charge in [0, 0.05) is 18.1 Å². The fraction of sp³-hybridized carbons (Fsp3) is 1.00. The summed E-state index contributed by atoms with van der Waals surface area (Å²) in [6.07, 6.45) is -1.20. The number of thioether (sulfide) groups is 1. The first-order chi connectivity index (χ1) is 5.20. The van der Waals surface area contributed by atoms with Gasteiger partial charge in [0.1, 0.15) is 0 Å². The maximum absolute atomic E-state index is 8.95. The zero-order valence-electron chi connectivity index (χ0n) is 6.31. The van der Waals surface area contributed by atoms with Crippen LogP contribution >= 0.6 is 11.8 Å². The van der Waals surface area contributed by atoms with Crippen LogP contribution < -0.4 is 5.73 Å². The molecule has 0 bridgehead atoms. The van der Waals surface area contributed by atoms with E-state index in [1.165, 1.54) is 11.8 Å². The summed E-state index contributed by atoms with van der Waals surface area (Å²) in [6, 6.07) is 0. The maximum atomic E-state index is 8.95. The quantitative estimate of drug-likeness (QED) is 0.396. The van der Waals surface area contributed by atoms with E-state index in [4.69, 9.17) is 21.1 Å². The molecule has 11 heavy (non-hydrogen) atoms. The van der Waals surface area contributed by atoms with E-state index >= 15 is 0 Å². The number of hydrogen-bond donors (Lipinski definition) is 4. The molecule has 0 spiro atoms. The molecule has 0 aromatic rings. The molecule has 68 valence electrons. The van der Waals surface area contributed by atoms with Gasteiger partial charge in [-0.3, -0.25) is 0 Å². The lowest BCUT2D eigenvalue weighted by atomic mass is 10.4. The second-order valence-corrected chi connectivity index (χ2v) is 3.34. The highest BCUT2D eigenvalue weighted by Crippen LogP contribution is 2.04. The Labute approximate surface area is 70.4 Å². The molecular formula is C6H15NO3S. The van der Waals surface area contributed by atoms with Gasteiger partial charge in [0.15, 0.2) is 0 Å². The molecule has 0 aliphatic heterocycles. The van der Waals surface area contributed by atoms with Gasteiger partial charge in [-0.25, -0.2) is 0 Å². The van der Waals surface area contributed by atoms with Crippen molar-refractivity contribution in [2.75, 3.05) is 24.7 Å². The minimum absolute atomic E-state index is 0.230. The molecule has 0 aliphatic rings. The average molecular weight is 181 g/mol. The molecule has 0 aliphatic carbocycles. The smallest absolute Gasteiger partial charge is 0.0861 e. The predicted octanol–water partition coefficient (Wildman–Crippen LogP) is -1.61. The van der Waals surface area contributed by atoms with Crippen molar-refractivity contribution in [1.82, 2.24) is 0 Å². The zero-order chi connectivity index (χ0) is 8.69. The van der Waals surface area contributed by atoms with Crippen LogP contribution in [0.25, 0.3) is 0 Å².